The molecule has 4 nitrogen and oxygen atoms in total. The van der Waals surface area contributed by atoms with Crippen LogP contribution in [0.2, 0.25) is 0 Å². The lowest BCUT2D eigenvalue weighted by atomic mass is 10.2. The molecule has 2 aromatic heterocycles. The molecule has 2 heterocycles. The summed E-state index contributed by atoms with van der Waals surface area (Å²) in [6.45, 7) is 4.25. The fourth-order valence-electron chi connectivity index (χ4n) is 1.10. The highest BCUT2D eigenvalue weighted by Gasteiger charge is 2.09. The van der Waals surface area contributed by atoms with E-state index in [1.165, 1.54) is 5.69 Å². The van der Waals surface area contributed by atoms with Crippen molar-refractivity contribution in [1.82, 2.24) is 14.6 Å². The molecule has 0 saturated carbocycles. The molecule has 0 saturated heterocycles. The number of hydrogen-bond acceptors (Lipinski definition) is 4. The lowest BCUT2D eigenvalue weighted by molar-refractivity contribution is 0.770. The Morgan fingerprint density at radius 2 is 2.33 bits per heavy atom. The van der Waals surface area contributed by atoms with E-state index in [-0.39, 0.29) is 0 Å². The van der Waals surface area contributed by atoms with Gasteiger partial charge in [0, 0.05) is 5.38 Å². The molecular weight excluding hydrogens is 172 g/mol. The van der Waals surface area contributed by atoms with Gasteiger partial charge in [-0.15, -0.1) is 16.4 Å². The maximum Gasteiger partial charge on any atom is 0.241 e. The zero-order chi connectivity index (χ0) is 8.72. The number of nitrogens with zero attached hydrogens (tertiary/aromatic N) is 3. The molecule has 2 N–H and O–H groups in total. The van der Waals surface area contributed by atoms with Gasteiger partial charge in [0.05, 0.1) is 5.69 Å². The summed E-state index contributed by atoms with van der Waals surface area (Å²) in [4.78, 5) is 4.94. The monoisotopic (exact) mass is 182 g/mol. The van der Waals surface area contributed by atoms with E-state index < -0.39 is 0 Å². The van der Waals surface area contributed by atoms with Gasteiger partial charge < -0.3 is 5.73 Å². The number of thiazole rings is 1. The number of anilines is 1. The van der Waals surface area contributed by atoms with Crippen molar-refractivity contribution >= 4 is 22.2 Å². The van der Waals surface area contributed by atoms with E-state index >= 15 is 0 Å². The van der Waals surface area contributed by atoms with Crippen molar-refractivity contribution in [2.45, 2.75) is 19.8 Å². The number of aromatic nitrogens is 3. The largest absolute Gasteiger partial charge is 0.366 e. The summed E-state index contributed by atoms with van der Waals surface area (Å²) in [5.41, 5.74) is 6.63. The van der Waals surface area contributed by atoms with Gasteiger partial charge in [0.2, 0.25) is 10.9 Å². The second kappa shape index (κ2) is 2.45. The van der Waals surface area contributed by atoms with Crippen molar-refractivity contribution in [3.63, 3.8) is 0 Å². The molecule has 0 atom stereocenters. The van der Waals surface area contributed by atoms with Crippen LogP contribution in [0.25, 0.3) is 4.96 Å². The molecule has 0 unspecified atom stereocenters. The van der Waals surface area contributed by atoms with Crippen molar-refractivity contribution in [3.8, 4) is 0 Å². The van der Waals surface area contributed by atoms with Crippen LogP contribution in [0.3, 0.4) is 0 Å². The predicted octanol–water partition coefficient (Wildman–Crippen LogP) is 1.50. The third-order valence-corrected chi connectivity index (χ3v) is 2.55. The average molecular weight is 182 g/mol. The third-order valence-electron chi connectivity index (χ3n) is 1.72. The Balaban J connectivity index is 2.68. The molecule has 0 aliphatic rings. The van der Waals surface area contributed by atoms with Crippen LogP contribution in [-0.2, 0) is 0 Å². The molecule has 0 amide bonds. The van der Waals surface area contributed by atoms with E-state index in [1.54, 1.807) is 11.3 Å². The molecule has 2 aromatic rings. The summed E-state index contributed by atoms with van der Waals surface area (Å²) in [5, 5.41) is 6.16. The molecule has 12 heavy (non-hydrogen) atoms. The van der Waals surface area contributed by atoms with Crippen molar-refractivity contribution in [3.05, 3.63) is 11.1 Å². The Bertz CT molecular complexity index is 400. The Labute approximate surface area is 74.0 Å². The quantitative estimate of drug-likeness (QED) is 0.727. The fraction of sp³-hybridized carbons (Fsp3) is 0.429. The number of hydrogen-bond donors (Lipinski definition) is 1. The highest BCUT2D eigenvalue weighted by Crippen LogP contribution is 2.21. The first-order chi connectivity index (χ1) is 5.68. The van der Waals surface area contributed by atoms with E-state index in [2.05, 4.69) is 29.3 Å². The molecule has 0 radical (unpaired) electrons. The van der Waals surface area contributed by atoms with Crippen molar-refractivity contribution < 1.29 is 0 Å². The summed E-state index contributed by atoms with van der Waals surface area (Å²) in [7, 11) is 0. The van der Waals surface area contributed by atoms with Crippen molar-refractivity contribution in [2.75, 3.05) is 5.73 Å². The lowest BCUT2D eigenvalue weighted by Gasteiger charge is -1.99. The van der Waals surface area contributed by atoms with E-state index in [9.17, 15) is 0 Å². The molecule has 0 aliphatic carbocycles. The minimum absolute atomic E-state index is 0.351. The average Bonchev–Trinajstić information content (AvgIpc) is 2.43. The summed E-state index contributed by atoms with van der Waals surface area (Å²) in [6, 6.07) is 0. The SMILES string of the molecule is CC(C)c1csc2nc(N)nn12. The molecule has 0 spiro atoms. The highest BCUT2D eigenvalue weighted by molar-refractivity contribution is 7.15. The van der Waals surface area contributed by atoms with Crippen LogP contribution in [0, 0.1) is 0 Å². The normalized spacial score (nSPS) is 11.6. The summed E-state index contributed by atoms with van der Waals surface area (Å²) in [5.74, 6) is 0.809. The Morgan fingerprint density at radius 3 is 3.00 bits per heavy atom. The first-order valence-electron chi connectivity index (χ1n) is 3.78. The van der Waals surface area contributed by atoms with E-state index in [0.717, 1.165) is 4.96 Å². The Hall–Kier alpha value is -1.10. The molecule has 0 aliphatic heterocycles. The van der Waals surface area contributed by atoms with Crippen LogP contribution in [-0.4, -0.2) is 14.6 Å². The minimum atomic E-state index is 0.351. The predicted molar refractivity (Wildman–Crippen MR) is 49.4 cm³/mol. The zero-order valence-electron chi connectivity index (χ0n) is 6.98. The van der Waals surface area contributed by atoms with Gasteiger partial charge >= 0.3 is 0 Å². The molecule has 0 fully saturated rings. The highest BCUT2D eigenvalue weighted by atomic mass is 32.1. The topological polar surface area (TPSA) is 56.2 Å². The van der Waals surface area contributed by atoms with Gasteiger partial charge in [0.15, 0.2) is 0 Å². The van der Waals surface area contributed by atoms with Gasteiger partial charge in [0.25, 0.3) is 0 Å². The van der Waals surface area contributed by atoms with Gasteiger partial charge in [0.1, 0.15) is 0 Å². The van der Waals surface area contributed by atoms with E-state index in [1.807, 2.05) is 4.52 Å². The lowest BCUT2D eigenvalue weighted by Crippen LogP contribution is -1.96. The Kier molecular flexibility index (Phi) is 1.54. The molecule has 0 aromatic carbocycles. The summed E-state index contributed by atoms with van der Waals surface area (Å²) in [6.07, 6.45) is 0. The van der Waals surface area contributed by atoms with Gasteiger partial charge in [-0.2, -0.15) is 4.98 Å². The van der Waals surface area contributed by atoms with Crippen LogP contribution in [0.4, 0.5) is 5.95 Å². The van der Waals surface area contributed by atoms with Crippen LogP contribution < -0.4 is 5.73 Å². The molecule has 5 heteroatoms. The van der Waals surface area contributed by atoms with E-state index in [4.69, 9.17) is 5.73 Å². The van der Waals surface area contributed by atoms with Crippen molar-refractivity contribution in [2.24, 2.45) is 0 Å². The third kappa shape index (κ3) is 0.972. The number of nitrogens with two attached hydrogens (primary N) is 1. The summed E-state index contributed by atoms with van der Waals surface area (Å²) >= 11 is 1.57. The Morgan fingerprint density at radius 1 is 1.58 bits per heavy atom. The number of fused-ring (bicyclic) bond motifs is 1. The second-order valence-corrected chi connectivity index (χ2v) is 3.82. The number of nitrogen functional groups attached to an aromatic ring is 1. The van der Waals surface area contributed by atoms with Gasteiger partial charge in [-0.1, -0.05) is 13.8 Å². The van der Waals surface area contributed by atoms with Gasteiger partial charge in [-0.25, -0.2) is 4.52 Å². The van der Waals surface area contributed by atoms with Gasteiger partial charge in [-0.05, 0) is 5.92 Å². The zero-order valence-corrected chi connectivity index (χ0v) is 7.80. The van der Waals surface area contributed by atoms with Crippen LogP contribution in [0.5, 0.6) is 0 Å². The molecular formula is C7H10N4S. The van der Waals surface area contributed by atoms with Crippen molar-refractivity contribution in [1.29, 1.82) is 0 Å². The molecule has 2 rings (SSSR count). The molecule has 0 bridgehead atoms. The first kappa shape index (κ1) is 7.54. The first-order valence-corrected chi connectivity index (χ1v) is 4.66. The van der Waals surface area contributed by atoms with Crippen LogP contribution in [0.1, 0.15) is 25.5 Å². The maximum absolute atomic E-state index is 5.47. The van der Waals surface area contributed by atoms with Crippen LogP contribution >= 0.6 is 11.3 Å². The number of rotatable bonds is 1. The van der Waals surface area contributed by atoms with Crippen LogP contribution in [0.15, 0.2) is 5.38 Å². The van der Waals surface area contributed by atoms with E-state index in [0.29, 0.717) is 11.9 Å². The maximum atomic E-state index is 5.47. The van der Waals surface area contributed by atoms with Gasteiger partial charge in [-0.3, -0.25) is 0 Å². The second-order valence-electron chi connectivity index (χ2n) is 2.98. The summed E-state index contributed by atoms with van der Waals surface area (Å²) < 4.78 is 1.81. The fourth-order valence-corrected chi connectivity index (χ4v) is 2.09. The minimum Gasteiger partial charge on any atom is -0.366 e. The standard InChI is InChI=1S/C7H10N4S/c1-4(2)5-3-12-7-9-6(8)10-11(5)7/h3-4H,1-2H3,(H2,8,10). The molecule has 64 valence electrons. The smallest absolute Gasteiger partial charge is 0.241 e.